The average molecular weight is 449 g/mol. The van der Waals surface area contributed by atoms with Gasteiger partial charge in [-0.2, -0.15) is 0 Å². The number of aliphatic hydroxyl groups is 2. The molecule has 4 amide bonds. The lowest BCUT2D eigenvalue weighted by Gasteiger charge is -2.32. The van der Waals surface area contributed by atoms with Gasteiger partial charge in [-0.15, -0.1) is 0 Å². The number of carbonyl (C=O) groups is 6. The Kier molecular flexibility index (Phi) is 11.7. The van der Waals surface area contributed by atoms with Gasteiger partial charge in [-0.05, 0) is 6.42 Å². The third kappa shape index (κ3) is 9.37. The van der Waals surface area contributed by atoms with E-state index in [1.54, 1.807) is 6.92 Å². The highest BCUT2D eigenvalue weighted by Crippen LogP contribution is 2.08. The summed E-state index contributed by atoms with van der Waals surface area (Å²) in [6.45, 7) is 0.566. The molecule has 15 nitrogen and oxygen atoms in total. The second-order valence-corrected chi connectivity index (χ2v) is 6.46. The van der Waals surface area contributed by atoms with Crippen LogP contribution in [0.15, 0.2) is 0 Å². The summed E-state index contributed by atoms with van der Waals surface area (Å²) in [6, 6.07) is -5.59. The van der Waals surface area contributed by atoms with Gasteiger partial charge in [0.05, 0.1) is 25.6 Å². The number of carbonyl (C=O) groups excluding carboxylic acids is 4. The highest BCUT2D eigenvalue weighted by atomic mass is 16.4. The first-order chi connectivity index (χ1) is 14.3. The molecule has 0 aliphatic carbocycles. The minimum absolute atomic E-state index is 0.190. The van der Waals surface area contributed by atoms with Gasteiger partial charge < -0.3 is 37.2 Å². The number of nitrogens with two attached hydrogens (primary N) is 2. The van der Waals surface area contributed by atoms with Gasteiger partial charge in [0.2, 0.25) is 23.6 Å². The zero-order chi connectivity index (χ0) is 24.3. The van der Waals surface area contributed by atoms with Crippen molar-refractivity contribution in [3.63, 3.8) is 0 Å². The molecule has 10 N–H and O–H groups in total. The van der Waals surface area contributed by atoms with E-state index in [0.717, 1.165) is 0 Å². The van der Waals surface area contributed by atoms with E-state index in [9.17, 15) is 44.1 Å². The molecular weight excluding hydrogens is 422 g/mol. The van der Waals surface area contributed by atoms with Gasteiger partial charge in [0.15, 0.2) is 12.1 Å². The third-order valence-corrected chi connectivity index (χ3v) is 3.88. The highest BCUT2D eigenvalue weighted by molar-refractivity contribution is 5.90. The van der Waals surface area contributed by atoms with Crippen LogP contribution in [0.25, 0.3) is 0 Å². The number of carboxylic acid groups (broad SMARTS) is 2. The number of hydrazine groups is 1. The van der Waals surface area contributed by atoms with Crippen molar-refractivity contribution < 1.29 is 49.2 Å². The Morgan fingerprint density at radius 2 is 1.52 bits per heavy atom. The Balaban J connectivity index is 5.71. The number of hydrogen-bond acceptors (Lipinski definition) is 9. The second kappa shape index (κ2) is 13.1. The monoisotopic (exact) mass is 449 g/mol. The van der Waals surface area contributed by atoms with Crippen molar-refractivity contribution >= 4 is 35.6 Å². The maximum atomic E-state index is 12.4. The van der Waals surface area contributed by atoms with Gasteiger partial charge >= 0.3 is 11.9 Å². The third-order valence-electron chi connectivity index (χ3n) is 3.88. The number of hydrogen-bond donors (Lipinski definition) is 8. The van der Waals surface area contributed by atoms with Crippen molar-refractivity contribution in [3.8, 4) is 0 Å². The summed E-state index contributed by atoms with van der Waals surface area (Å²) in [5, 5.41) is 40.1. The smallest absolute Gasteiger partial charge is 0.328 e. The molecule has 0 aromatic heterocycles. The summed E-state index contributed by atoms with van der Waals surface area (Å²) < 4.78 is 0. The Hall–Kier alpha value is -3.30. The quantitative estimate of drug-likeness (QED) is 0.111. The number of aliphatic carboxylic acids is 2. The summed E-state index contributed by atoms with van der Waals surface area (Å²) in [4.78, 5) is 69.7. The lowest BCUT2D eigenvalue weighted by atomic mass is 10.1. The van der Waals surface area contributed by atoms with Crippen LogP contribution in [0, 0.1) is 0 Å². The number of primary amides is 2. The van der Waals surface area contributed by atoms with E-state index >= 15 is 0 Å². The van der Waals surface area contributed by atoms with Gasteiger partial charge in [0, 0.05) is 6.42 Å². The molecule has 0 saturated heterocycles. The topological polar surface area (TPSA) is 263 Å². The molecule has 0 spiro atoms. The van der Waals surface area contributed by atoms with Crippen molar-refractivity contribution in [3.05, 3.63) is 0 Å². The molecule has 0 bridgehead atoms. The molecule has 0 heterocycles. The predicted molar refractivity (Wildman–Crippen MR) is 100 cm³/mol. The van der Waals surface area contributed by atoms with Crippen LogP contribution in [0.5, 0.6) is 0 Å². The Morgan fingerprint density at radius 3 is 1.90 bits per heavy atom. The van der Waals surface area contributed by atoms with Gasteiger partial charge in [0.25, 0.3) is 0 Å². The van der Waals surface area contributed by atoms with Crippen molar-refractivity contribution in [2.75, 3.05) is 6.61 Å². The number of carboxylic acids is 2. The maximum absolute atomic E-state index is 12.4. The van der Waals surface area contributed by atoms with Gasteiger partial charge in [-0.25, -0.2) is 15.0 Å². The van der Waals surface area contributed by atoms with Crippen LogP contribution in [-0.4, -0.2) is 91.8 Å². The van der Waals surface area contributed by atoms with Crippen LogP contribution in [0.4, 0.5) is 0 Å². The Bertz CT molecular complexity index is 700. The molecule has 31 heavy (non-hydrogen) atoms. The minimum Gasteiger partial charge on any atom is -0.480 e. The average Bonchev–Trinajstić information content (AvgIpc) is 2.64. The molecule has 1 unspecified atom stereocenters. The molecule has 0 saturated carbocycles. The summed E-state index contributed by atoms with van der Waals surface area (Å²) in [5.41, 5.74) is 12.1. The molecule has 0 radical (unpaired) electrons. The zero-order valence-corrected chi connectivity index (χ0v) is 16.7. The van der Waals surface area contributed by atoms with Crippen LogP contribution in [-0.2, 0) is 28.8 Å². The molecule has 4 atom stereocenters. The molecule has 176 valence electrons. The van der Waals surface area contributed by atoms with Crippen LogP contribution < -0.4 is 22.2 Å². The molecule has 0 fully saturated rings. The van der Waals surface area contributed by atoms with E-state index in [1.165, 1.54) is 0 Å². The molecule has 0 aromatic rings. The lowest BCUT2D eigenvalue weighted by molar-refractivity contribution is -0.157. The maximum Gasteiger partial charge on any atom is 0.328 e. The van der Waals surface area contributed by atoms with E-state index in [4.69, 9.17) is 16.6 Å². The lowest BCUT2D eigenvalue weighted by Crippen LogP contribution is -2.63. The van der Waals surface area contributed by atoms with Crippen LogP contribution in [0.1, 0.15) is 32.6 Å². The van der Waals surface area contributed by atoms with Crippen LogP contribution >= 0.6 is 0 Å². The van der Waals surface area contributed by atoms with Crippen molar-refractivity contribution in [1.82, 2.24) is 15.8 Å². The van der Waals surface area contributed by atoms with Gasteiger partial charge in [-0.3, -0.25) is 24.2 Å². The van der Waals surface area contributed by atoms with E-state index in [0.29, 0.717) is 5.01 Å². The van der Waals surface area contributed by atoms with Crippen molar-refractivity contribution in [2.24, 2.45) is 11.5 Å². The minimum atomic E-state index is -2.00. The van der Waals surface area contributed by atoms with Crippen LogP contribution in [0.3, 0.4) is 0 Å². The highest BCUT2D eigenvalue weighted by Gasteiger charge is 2.36. The first-order valence-corrected chi connectivity index (χ1v) is 9.05. The summed E-state index contributed by atoms with van der Waals surface area (Å²) in [5.74, 6) is -7.56. The fraction of sp³-hybridized carbons (Fsp3) is 0.625. The Labute approximate surface area is 176 Å². The molecular formula is C16H27N5O10. The fourth-order valence-electron chi connectivity index (χ4n) is 2.40. The summed E-state index contributed by atoms with van der Waals surface area (Å²) in [7, 11) is 0. The normalized spacial score (nSPS) is 14.5. The van der Waals surface area contributed by atoms with Crippen LogP contribution in [0.2, 0.25) is 0 Å². The van der Waals surface area contributed by atoms with Crippen molar-refractivity contribution in [1.29, 1.82) is 0 Å². The number of amides is 4. The van der Waals surface area contributed by atoms with E-state index in [2.05, 4.69) is 5.43 Å². The number of nitrogens with zero attached hydrogens (tertiary/aromatic N) is 1. The zero-order valence-electron chi connectivity index (χ0n) is 16.7. The number of aliphatic hydroxyl groups excluding tert-OH is 2. The molecule has 0 aromatic carbocycles. The first-order valence-electron chi connectivity index (χ1n) is 9.05. The van der Waals surface area contributed by atoms with Gasteiger partial charge in [0.1, 0.15) is 6.04 Å². The molecule has 0 aliphatic heterocycles. The number of nitrogens with one attached hydrogen (secondary N) is 2. The van der Waals surface area contributed by atoms with Crippen molar-refractivity contribution in [2.45, 2.75) is 56.8 Å². The fourth-order valence-corrected chi connectivity index (χ4v) is 2.40. The SMILES string of the molecule is CCCC(=O)N(N[C@@H](CO)C(=O)N[C@H](C(=O)O)C(O)CC(N)=O)[C@@H](CC(N)=O)C(=O)O. The predicted octanol–water partition coefficient (Wildman–Crippen LogP) is -4.39. The molecule has 15 heteroatoms. The summed E-state index contributed by atoms with van der Waals surface area (Å²) >= 11 is 0. The molecule has 0 rings (SSSR count). The summed E-state index contributed by atoms with van der Waals surface area (Å²) in [6.07, 6.45) is -3.43. The van der Waals surface area contributed by atoms with E-state index in [-0.39, 0.29) is 12.8 Å². The Morgan fingerprint density at radius 1 is 0.968 bits per heavy atom. The second-order valence-electron chi connectivity index (χ2n) is 6.46. The largest absolute Gasteiger partial charge is 0.480 e. The standard InChI is InChI=1S/C16H27N5O10/c1-2-3-12(26)21(8(15(28)29)4-10(17)24)20-7(6-22)14(27)19-13(16(30)31)9(23)5-11(18)25/h7-9,13,20,22-23H,2-6H2,1H3,(H2,17,24)(H2,18,25)(H,19,27)(H,28,29)(H,30,31)/t7-,8-,9?,13-/m0/s1. The van der Waals surface area contributed by atoms with Gasteiger partial charge in [-0.1, -0.05) is 6.92 Å². The van der Waals surface area contributed by atoms with E-state index < -0.39 is 79.2 Å². The number of rotatable bonds is 15. The molecule has 0 aliphatic rings. The van der Waals surface area contributed by atoms with E-state index in [1.807, 2.05) is 5.32 Å². The first kappa shape index (κ1) is 27.7.